The molecule has 1 aromatic carbocycles. The Hall–Kier alpha value is -2.07. The van der Waals surface area contributed by atoms with E-state index in [-0.39, 0.29) is 18.8 Å². The van der Waals surface area contributed by atoms with E-state index in [2.05, 4.69) is 15.3 Å². The summed E-state index contributed by atoms with van der Waals surface area (Å²) in [5, 5.41) is 22.3. The molecule has 0 aliphatic heterocycles. The van der Waals surface area contributed by atoms with Crippen LogP contribution in [0.2, 0.25) is 10.0 Å². The van der Waals surface area contributed by atoms with E-state index in [1.807, 2.05) is 6.07 Å². The highest BCUT2D eigenvalue weighted by atomic mass is 35.5. The van der Waals surface area contributed by atoms with Crippen LogP contribution >= 0.6 is 23.2 Å². The fraction of sp³-hybridized carbons (Fsp3) is 0.214. The third-order valence-corrected chi connectivity index (χ3v) is 3.46. The highest BCUT2D eigenvalue weighted by Crippen LogP contribution is 2.31. The van der Waals surface area contributed by atoms with E-state index >= 15 is 0 Å². The Morgan fingerprint density at radius 2 is 2.09 bits per heavy atom. The van der Waals surface area contributed by atoms with Crippen LogP contribution < -0.4 is 10.1 Å². The number of halogens is 2. The quantitative estimate of drug-likeness (QED) is 0.840. The van der Waals surface area contributed by atoms with E-state index < -0.39 is 6.10 Å². The van der Waals surface area contributed by atoms with Crippen LogP contribution in [-0.2, 0) is 0 Å². The van der Waals surface area contributed by atoms with Crippen LogP contribution in [0.15, 0.2) is 30.6 Å². The zero-order valence-corrected chi connectivity index (χ0v) is 12.8. The average molecular weight is 339 g/mol. The summed E-state index contributed by atoms with van der Waals surface area (Å²) < 4.78 is 5.42. The van der Waals surface area contributed by atoms with Crippen LogP contribution in [0.4, 0.5) is 5.82 Å². The SMILES string of the molecule is N#Cc1nccnc1NCC(O)COc1cccc(Cl)c1Cl. The van der Waals surface area contributed by atoms with Crippen molar-refractivity contribution in [1.82, 2.24) is 9.97 Å². The smallest absolute Gasteiger partial charge is 0.182 e. The fourth-order valence-corrected chi connectivity index (χ4v) is 1.95. The molecule has 2 N–H and O–H groups in total. The largest absolute Gasteiger partial charge is 0.489 e. The number of ether oxygens (including phenoxy) is 1. The molecule has 0 spiro atoms. The first-order valence-electron chi connectivity index (χ1n) is 6.31. The summed E-state index contributed by atoms with van der Waals surface area (Å²) in [6, 6.07) is 6.91. The van der Waals surface area contributed by atoms with Crippen molar-refractivity contribution in [3.63, 3.8) is 0 Å². The molecule has 0 amide bonds. The van der Waals surface area contributed by atoms with Crippen LogP contribution in [0.3, 0.4) is 0 Å². The lowest BCUT2D eigenvalue weighted by atomic mass is 10.3. The van der Waals surface area contributed by atoms with Gasteiger partial charge in [0.05, 0.1) is 5.02 Å². The fourth-order valence-electron chi connectivity index (χ4n) is 1.60. The number of hydrogen-bond acceptors (Lipinski definition) is 6. The summed E-state index contributed by atoms with van der Waals surface area (Å²) >= 11 is 11.9. The molecule has 0 bridgehead atoms. The third kappa shape index (κ3) is 4.21. The summed E-state index contributed by atoms with van der Waals surface area (Å²) in [6.45, 7) is 0.154. The van der Waals surface area contributed by atoms with Gasteiger partial charge in [-0.25, -0.2) is 9.97 Å². The minimum absolute atomic E-state index is 0.00914. The van der Waals surface area contributed by atoms with E-state index in [1.54, 1.807) is 18.2 Å². The number of nitrogens with zero attached hydrogens (tertiary/aromatic N) is 3. The average Bonchev–Trinajstić information content (AvgIpc) is 2.54. The van der Waals surface area contributed by atoms with Gasteiger partial charge in [-0.3, -0.25) is 0 Å². The second-order valence-corrected chi connectivity index (χ2v) is 5.05. The van der Waals surface area contributed by atoms with E-state index in [9.17, 15) is 5.11 Å². The van der Waals surface area contributed by atoms with Gasteiger partial charge < -0.3 is 15.2 Å². The van der Waals surface area contributed by atoms with Crippen molar-refractivity contribution in [3.05, 3.63) is 46.3 Å². The molecule has 0 saturated heterocycles. The van der Waals surface area contributed by atoms with Crippen LogP contribution in [0.25, 0.3) is 0 Å². The first-order valence-corrected chi connectivity index (χ1v) is 7.07. The third-order valence-electron chi connectivity index (χ3n) is 2.66. The number of benzene rings is 1. The summed E-state index contributed by atoms with van der Waals surface area (Å²) in [5.74, 6) is 0.704. The molecule has 2 rings (SSSR count). The van der Waals surface area contributed by atoms with Crippen LogP contribution in [0, 0.1) is 11.3 Å². The van der Waals surface area contributed by atoms with Crippen LogP contribution in [0.5, 0.6) is 5.75 Å². The van der Waals surface area contributed by atoms with Gasteiger partial charge in [0.2, 0.25) is 0 Å². The second kappa shape index (κ2) is 7.80. The highest BCUT2D eigenvalue weighted by molar-refractivity contribution is 6.42. The molecule has 1 atom stereocenters. The molecular weight excluding hydrogens is 327 g/mol. The highest BCUT2D eigenvalue weighted by Gasteiger charge is 2.11. The maximum Gasteiger partial charge on any atom is 0.182 e. The summed E-state index contributed by atoms with van der Waals surface area (Å²) in [6.07, 6.45) is 2.05. The number of aromatic nitrogens is 2. The van der Waals surface area contributed by atoms with Crippen molar-refractivity contribution in [1.29, 1.82) is 5.26 Å². The molecular formula is C14H12Cl2N4O2. The molecule has 0 fully saturated rings. The Balaban J connectivity index is 1.87. The first kappa shape index (κ1) is 16.3. The molecule has 0 radical (unpaired) electrons. The maximum absolute atomic E-state index is 9.90. The van der Waals surface area contributed by atoms with E-state index in [1.165, 1.54) is 12.4 Å². The molecule has 22 heavy (non-hydrogen) atoms. The van der Waals surface area contributed by atoms with Gasteiger partial charge in [-0.05, 0) is 12.1 Å². The minimum atomic E-state index is -0.830. The van der Waals surface area contributed by atoms with Gasteiger partial charge in [-0.15, -0.1) is 0 Å². The number of rotatable bonds is 6. The number of aliphatic hydroxyl groups excluding tert-OH is 1. The van der Waals surface area contributed by atoms with Gasteiger partial charge in [0.15, 0.2) is 11.5 Å². The maximum atomic E-state index is 9.90. The predicted molar refractivity (Wildman–Crippen MR) is 83.2 cm³/mol. The van der Waals surface area contributed by atoms with Crippen molar-refractivity contribution in [2.45, 2.75) is 6.10 Å². The van der Waals surface area contributed by atoms with Crippen LogP contribution in [-0.4, -0.2) is 34.3 Å². The Morgan fingerprint density at radius 3 is 2.86 bits per heavy atom. The Morgan fingerprint density at radius 1 is 1.32 bits per heavy atom. The number of nitriles is 1. The van der Waals surface area contributed by atoms with Gasteiger partial charge in [0.25, 0.3) is 0 Å². The first-order chi connectivity index (χ1) is 10.6. The van der Waals surface area contributed by atoms with Gasteiger partial charge >= 0.3 is 0 Å². The zero-order valence-electron chi connectivity index (χ0n) is 11.3. The Kier molecular flexibility index (Phi) is 5.78. The normalized spacial score (nSPS) is 11.5. The summed E-state index contributed by atoms with van der Waals surface area (Å²) in [4.78, 5) is 7.84. The summed E-state index contributed by atoms with van der Waals surface area (Å²) in [5.41, 5.74) is 0.161. The van der Waals surface area contributed by atoms with Crippen molar-refractivity contribution in [3.8, 4) is 11.8 Å². The van der Waals surface area contributed by atoms with Crippen molar-refractivity contribution < 1.29 is 9.84 Å². The van der Waals surface area contributed by atoms with Crippen molar-refractivity contribution >= 4 is 29.0 Å². The lowest BCUT2D eigenvalue weighted by Gasteiger charge is -2.14. The minimum Gasteiger partial charge on any atom is -0.489 e. The lowest BCUT2D eigenvalue weighted by Crippen LogP contribution is -2.27. The number of aliphatic hydroxyl groups is 1. The molecule has 0 aliphatic carbocycles. The topological polar surface area (TPSA) is 91.1 Å². The van der Waals surface area contributed by atoms with E-state index in [4.69, 9.17) is 33.2 Å². The van der Waals surface area contributed by atoms with Gasteiger partial charge in [-0.2, -0.15) is 5.26 Å². The Bertz CT molecular complexity index is 691. The molecule has 114 valence electrons. The van der Waals surface area contributed by atoms with Gasteiger partial charge in [-0.1, -0.05) is 29.3 Å². The molecule has 8 heteroatoms. The van der Waals surface area contributed by atoms with Gasteiger partial charge in [0, 0.05) is 18.9 Å². The number of hydrogen-bond donors (Lipinski definition) is 2. The number of anilines is 1. The zero-order chi connectivity index (χ0) is 15.9. The van der Waals surface area contributed by atoms with Gasteiger partial charge in [0.1, 0.15) is 29.6 Å². The molecule has 0 aliphatic rings. The monoisotopic (exact) mass is 338 g/mol. The van der Waals surface area contributed by atoms with E-state index in [0.29, 0.717) is 21.6 Å². The molecule has 6 nitrogen and oxygen atoms in total. The predicted octanol–water partition coefficient (Wildman–Crippen LogP) is 2.51. The number of nitrogens with one attached hydrogen (secondary N) is 1. The standard InChI is InChI=1S/C14H12Cl2N4O2/c15-10-2-1-3-12(13(10)16)22-8-9(21)7-20-14-11(6-17)18-4-5-19-14/h1-5,9,21H,7-8H2,(H,19,20). The molecule has 1 aromatic heterocycles. The van der Waals surface area contributed by atoms with Crippen molar-refractivity contribution in [2.75, 3.05) is 18.5 Å². The molecule has 1 heterocycles. The molecule has 1 unspecified atom stereocenters. The van der Waals surface area contributed by atoms with Crippen molar-refractivity contribution in [2.24, 2.45) is 0 Å². The Labute approximate surface area is 137 Å². The summed E-state index contributed by atoms with van der Waals surface area (Å²) in [7, 11) is 0. The molecule has 2 aromatic rings. The lowest BCUT2D eigenvalue weighted by molar-refractivity contribution is 0.117. The second-order valence-electron chi connectivity index (χ2n) is 4.26. The van der Waals surface area contributed by atoms with E-state index in [0.717, 1.165) is 0 Å². The van der Waals surface area contributed by atoms with Crippen LogP contribution in [0.1, 0.15) is 5.69 Å². The molecule has 0 saturated carbocycles.